The van der Waals surface area contributed by atoms with Crippen LogP contribution < -0.4 is 4.90 Å². The van der Waals surface area contributed by atoms with Gasteiger partial charge < -0.3 is 10.0 Å². The zero-order valence-electron chi connectivity index (χ0n) is 9.58. The number of benzene rings is 1. The largest absolute Gasteiger partial charge is 0.394 e. The summed E-state index contributed by atoms with van der Waals surface area (Å²) in [5.74, 6) is 0. The zero-order chi connectivity index (χ0) is 11.7. The van der Waals surface area contributed by atoms with E-state index in [1.54, 1.807) is 6.33 Å². The molecule has 1 fully saturated rings. The van der Waals surface area contributed by atoms with Gasteiger partial charge in [-0.05, 0) is 31.0 Å². The summed E-state index contributed by atoms with van der Waals surface area (Å²) in [7, 11) is 0. The summed E-state index contributed by atoms with van der Waals surface area (Å²) in [6.07, 6.45) is 5.60. The lowest BCUT2D eigenvalue weighted by Gasteiger charge is -2.25. The van der Waals surface area contributed by atoms with Crippen molar-refractivity contribution in [3.05, 3.63) is 30.7 Å². The van der Waals surface area contributed by atoms with E-state index in [2.05, 4.69) is 27.0 Å². The molecule has 88 valence electrons. The maximum Gasteiger partial charge on any atom is 0.116 e. The minimum absolute atomic E-state index is 0.224. The average molecular weight is 229 g/mol. The van der Waals surface area contributed by atoms with E-state index in [-0.39, 0.29) is 12.6 Å². The predicted octanol–water partition coefficient (Wildman–Crippen LogP) is 1.59. The van der Waals surface area contributed by atoms with Crippen molar-refractivity contribution < 1.29 is 5.11 Å². The molecular weight excluding hydrogens is 214 g/mol. The third-order valence-corrected chi connectivity index (χ3v) is 3.41. The highest BCUT2D eigenvalue weighted by molar-refractivity contribution is 5.81. The SMILES string of the molecule is OCC1CCCN1c1ccc2cncnc2c1. The fraction of sp³-hybridized carbons (Fsp3) is 0.385. The van der Waals surface area contributed by atoms with Gasteiger partial charge in [-0.3, -0.25) is 0 Å². The number of aliphatic hydroxyl groups excluding tert-OH is 1. The number of nitrogens with zero attached hydrogens (tertiary/aromatic N) is 3. The summed E-state index contributed by atoms with van der Waals surface area (Å²) in [6.45, 7) is 1.24. The van der Waals surface area contributed by atoms with E-state index in [0.29, 0.717) is 0 Å². The second kappa shape index (κ2) is 4.30. The minimum Gasteiger partial charge on any atom is -0.394 e. The van der Waals surface area contributed by atoms with Gasteiger partial charge in [0.15, 0.2) is 0 Å². The Morgan fingerprint density at radius 1 is 1.41 bits per heavy atom. The Bertz CT molecular complexity index is 529. The normalized spacial score (nSPS) is 20.1. The molecule has 2 heterocycles. The van der Waals surface area contributed by atoms with Crippen LogP contribution in [0.2, 0.25) is 0 Å². The fourth-order valence-electron chi connectivity index (χ4n) is 2.51. The van der Waals surface area contributed by atoms with Crippen molar-refractivity contribution in [2.45, 2.75) is 18.9 Å². The second-order valence-electron chi connectivity index (χ2n) is 4.44. The van der Waals surface area contributed by atoms with Crippen molar-refractivity contribution in [1.29, 1.82) is 0 Å². The van der Waals surface area contributed by atoms with Gasteiger partial charge in [-0.1, -0.05) is 0 Å². The molecule has 0 radical (unpaired) electrons. The molecule has 1 aliphatic rings. The number of rotatable bonds is 2. The molecule has 0 saturated carbocycles. The molecule has 0 bridgehead atoms. The van der Waals surface area contributed by atoms with E-state index in [4.69, 9.17) is 0 Å². The van der Waals surface area contributed by atoms with Gasteiger partial charge in [0.25, 0.3) is 0 Å². The molecule has 17 heavy (non-hydrogen) atoms. The van der Waals surface area contributed by atoms with Gasteiger partial charge in [0.1, 0.15) is 6.33 Å². The van der Waals surface area contributed by atoms with Crippen molar-refractivity contribution in [2.24, 2.45) is 0 Å². The maximum absolute atomic E-state index is 9.34. The summed E-state index contributed by atoms with van der Waals surface area (Å²) in [6, 6.07) is 6.46. The van der Waals surface area contributed by atoms with E-state index in [1.807, 2.05) is 12.3 Å². The smallest absolute Gasteiger partial charge is 0.116 e. The molecule has 4 nitrogen and oxygen atoms in total. The minimum atomic E-state index is 0.224. The van der Waals surface area contributed by atoms with Crippen LogP contribution in [0.1, 0.15) is 12.8 Å². The lowest BCUT2D eigenvalue weighted by molar-refractivity contribution is 0.266. The summed E-state index contributed by atoms with van der Waals surface area (Å²) in [5, 5.41) is 10.4. The number of aromatic nitrogens is 2. The van der Waals surface area contributed by atoms with Gasteiger partial charge in [-0.25, -0.2) is 9.97 Å². The Labute approximate surface area is 99.9 Å². The van der Waals surface area contributed by atoms with Crippen LogP contribution in [0.3, 0.4) is 0 Å². The molecule has 4 heteroatoms. The summed E-state index contributed by atoms with van der Waals surface area (Å²) in [4.78, 5) is 10.5. The Morgan fingerprint density at radius 2 is 2.35 bits per heavy atom. The third kappa shape index (κ3) is 1.85. The Balaban J connectivity index is 2.00. The first-order chi connectivity index (χ1) is 8.38. The molecule has 1 aromatic carbocycles. The van der Waals surface area contributed by atoms with Gasteiger partial charge in [0.2, 0.25) is 0 Å². The lowest BCUT2D eigenvalue weighted by Crippen LogP contribution is -2.31. The van der Waals surface area contributed by atoms with Crippen LogP contribution in [-0.2, 0) is 0 Å². The van der Waals surface area contributed by atoms with E-state index in [0.717, 1.165) is 36.0 Å². The second-order valence-corrected chi connectivity index (χ2v) is 4.44. The first-order valence-electron chi connectivity index (χ1n) is 5.96. The van der Waals surface area contributed by atoms with Gasteiger partial charge in [0, 0.05) is 23.8 Å². The van der Waals surface area contributed by atoms with E-state index in [1.165, 1.54) is 0 Å². The summed E-state index contributed by atoms with van der Waals surface area (Å²) in [5.41, 5.74) is 2.11. The monoisotopic (exact) mass is 229 g/mol. The van der Waals surface area contributed by atoms with Crippen molar-refractivity contribution >= 4 is 16.6 Å². The van der Waals surface area contributed by atoms with Crippen LogP contribution in [0.5, 0.6) is 0 Å². The molecule has 1 aliphatic heterocycles. The molecular formula is C13H15N3O. The van der Waals surface area contributed by atoms with Crippen molar-refractivity contribution in [1.82, 2.24) is 9.97 Å². The van der Waals surface area contributed by atoms with Crippen LogP contribution in [0.25, 0.3) is 10.9 Å². The molecule has 1 aromatic heterocycles. The lowest BCUT2D eigenvalue weighted by atomic mass is 10.2. The van der Waals surface area contributed by atoms with Crippen molar-refractivity contribution in [3.63, 3.8) is 0 Å². The zero-order valence-corrected chi connectivity index (χ0v) is 9.58. The molecule has 1 saturated heterocycles. The quantitative estimate of drug-likeness (QED) is 0.849. The molecule has 0 aliphatic carbocycles. The molecule has 1 unspecified atom stereocenters. The van der Waals surface area contributed by atoms with Gasteiger partial charge >= 0.3 is 0 Å². The standard InChI is InChI=1S/C13H15N3O/c17-8-12-2-1-5-16(12)11-4-3-10-7-14-9-15-13(10)6-11/h3-4,6-7,9,12,17H,1-2,5,8H2. The number of hydrogen-bond acceptors (Lipinski definition) is 4. The molecule has 3 rings (SSSR count). The highest BCUT2D eigenvalue weighted by Gasteiger charge is 2.23. The van der Waals surface area contributed by atoms with Gasteiger partial charge in [-0.15, -0.1) is 0 Å². The number of anilines is 1. The number of fused-ring (bicyclic) bond motifs is 1. The number of aliphatic hydroxyl groups is 1. The molecule has 1 N–H and O–H groups in total. The summed E-state index contributed by atoms with van der Waals surface area (Å²) >= 11 is 0. The molecule has 2 aromatic rings. The van der Waals surface area contributed by atoms with E-state index >= 15 is 0 Å². The summed E-state index contributed by atoms with van der Waals surface area (Å²) < 4.78 is 0. The number of hydrogen-bond donors (Lipinski definition) is 1. The molecule has 0 amide bonds. The average Bonchev–Trinajstić information content (AvgIpc) is 2.86. The Kier molecular flexibility index (Phi) is 2.65. The van der Waals surface area contributed by atoms with Gasteiger partial charge in [0.05, 0.1) is 18.2 Å². The van der Waals surface area contributed by atoms with Crippen LogP contribution in [0.4, 0.5) is 5.69 Å². The maximum atomic E-state index is 9.34. The van der Waals surface area contributed by atoms with Crippen molar-refractivity contribution in [2.75, 3.05) is 18.1 Å². The van der Waals surface area contributed by atoms with Crippen LogP contribution in [0.15, 0.2) is 30.7 Å². The Hall–Kier alpha value is -1.68. The van der Waals surface area contributed by atoms with Gasteiger partial charge in [-0.2, -0.15) is 0 Å². The topological polar surface area (TPSA) is 49.2 Å². The first kappa shape index (κ1) is 10.5. The van der Waals surface area contributed by atoms with Crippen LogP contribution >= 0.6 is 0 Å². The molecule has 1 atom stereocenters. The predicted molar refractivity (Wildman–Crippen MR) is 67.0 cm³/mol. The third-order valence-electron chi connectivity index (χ3n) is 3.41. The van der Waals surface area contributed by atoms with E-state index < -0.39 is 0 Å². The van der Waals surface area contributed by atoms with E-state index in [9.17, 15) is 5.11 Å². The fourth-order valence-corrected chi connectivity index (χ4v) is 2.51. The van der Waals surface area contributed by atoms with Crippen molar-refractivity contribution in [3.8, 4) is 0 Å². The molecule has 0 spiro atoms. The highest BCUT2D eigenvalue weighted by atomic mass is 16.3. The highest BCUT2D eigenvalue weighted by Crippen LogP contribution is 2.27. The van der Waals surface area contributed by atoms with Crippen LogP contribution in [0, 0.1) is 0 Å². The first-order valence-corrected chi connectivity index (χ1v) is 5.96. The van der Waals surface area contributed by atoms with Crippen LogP contribution in [-0.4, -0.2) is 34.3 Å². The Morgan fingerprint density at radius 3 is 3.24 bits per heavy atom.